The van der Waals surface area contributed by atoms with Gasteiger partial charge in [0.25, 0.3) is 0 Å². The Morgan fingerprint density at radius 1 is 1.33 bits per heavy atom. The first kappa shape index (κ1) is 24.4. The zero-order valence-corrected chi connectivity index (χ0v) is 20.2. The second-order valence-corrected chi connectivity index (χ2v) is 7.50. The van der Waals surface area contributed by atoms with E-state index in [0.29, 0.717) is 25.6 Å². The molecule has 0 saturated carbocycles. The number of para-hydroxylation sites is 1. The Morgan fingerprint density at radius 3 is 2.63 bits per heavy atom. The number of hydrogen-bond donors (Lipinski definition) is 2. The predicted octanol–water partition coefficient (Wildman–Crippen LogP) is 4.13. The Labute approximate surface area is 193 Å². The van der Waals surface area contributed by atoms with Crippen molar-refractivity contribution in [2.45, 2.75) is 46.1 Å². The number of aromatic nitrogens is 1. The van der Waals surface area contributed by atoms with E-state index in [0.717, 1.165) is 30.0 Å². The second-order valence-electron chi connectivity index (χ2n) is 7.50. The van der Waals surface area contributed by atoms with Gasteiger partial charge in [0.15, 0.2) is 5.96 Å². The molecule has 0 amide bonds. The minimum absolute atomic E-state index is 0. The average Bonchev–Trinajstić information content (AvgIpc) is 3.26. The lowest BCUT2D eigenvalue weighted by Crippen LogP contribution is -2.45. The van der Waals surface area contributed by atoms with E-state index < -0.39 is 11.6 Å². The van der Waals surface area contributed by atoms with E-state index in [1.54, 1.807) is 4.90 Å². The number of nitrogens with one attached hydrogen (secondary N) is 2. The molecule has 1 aliphatic rings. The monoisotopic (exact) mass is 533 g/mol. The highest BCUT2D eigenvalue weighted by atomic mass is 127. The summed E-state index contributed by atoms with van der Waals surface area (Å²) in [5, 5.41) is 10.7. The van der Waals surface area contributed by atoms with Crippen LogP contribution in [-0.2, 0) is 0 Å². The van der Waals surface area contributed by atoms with E-state index in [2.05, 4.69) is 22.7 Å². The van der Waals surface area contributed by atoms with Crippen LogP contribution in [0.1, 0.15) is 43.2 Å². The van der Waals surface area contributed by atoms with Gasteiger partial charge in [-0.25, -0.2) is 8.78 Å². The van der Waals surface area contributed by atoms with Crippen LogP contribution in [0.15, 0.2) is 27.7 Å². The van der Waals surface area contributed by atoms with Crippen molar-refractivity contribution in [1.82, 2.24) is 15.8 Å². The Bertz CT molecular complexity index is 833. The lowest BCUT2D eigenvalue weighted by atomic mass is 10.00. The molecular weight excluding hydrogens is 503 g/mol. The van der Waals surface area contributed by atoms with Crippen molar-refractivity contribution in [1.29, 1.82) is 0 Å². The number of guanidine groups is 1. The molecule has 2 unspecified atom stereocenters. The molecule has 0 radical (unpaired) electrons. The average molecular weight is 533 g/mol. The van der Waals surface area contributed by atoms with Gasteiger partial charge in [-0.15, -0.1) is 24.0 Å². The molecule has 166 valence electrons. The second kappa shape index (κ2) is 10.9. The smallest absolute Gasteiger partial charge is 0.191 e. The summed E-state index contributed by atoms with van der Waals surface area (Å²) >= 11 is 0. The van der Waals surface area contributed by atoms with Crippen LogP contribution in [0.25, 0.3) is 0 Å². The standard InChI is InChI=1S/C21H29F2N5O.HI/c1-5-24-21(25-11-13(2)19-14(3)27-29-15(19)4)26-16-9-10-28(12-16)20-17(22)7-6-8-18(20)23;/h6-8,13,16H,5,9-12H2,1-4H3,(H2,24,25,26);1H. The highest BCUT2D eigenvalue weighted by Gasteiger charge is 2.27. The molecule has 6 nitrogen and oxygen atoms in total. The van der Waals surface area contributed by atoms with Crippen LogP contribution >= 0.6 is 24.0 Å². The van der Waals surface area contributed by atoms with E-state index in [9.17, 15) is 8.78 Å². The van der Waals surface area contributed by atoms with Crippen LogP contribution in [-0.4, -0.2) is 43.3 Å². The minimum atomic E-state index is -0.528. The van der Waals surface area contributed by atoms with Crippen molar-refractivity contribution in [2.75, 3.05) is 31.1 Å². The van der Waals surface area contributed by atoms with Crippen molar-refractivity contribution >= 4 is 35.6 Å². The zero-order chi connectivity index (χ0) is 21.0. The largest absolute Gasteiger partial charge is 0.365 e. The van der Waals surface area contributed by atoms with Gasteiger partial charge in [0, 0.05) is 43.7 Å². The first-order valence-electron chi connectivity index (χ1n) is 10.1. The number of anilines is 1. The molecule has 0 spiro atoms. The fourth-order valence-corrected chi connectivity index (χ4v) is 3.90. The SMILES string of the molecule is CCNC(=NCC(C)c1c(C)noc1C)NC1CCN(c2c(F)cccc2F)C1.I. The molecule has 1 aromatic heterocycles. The van der Waals surface area contributed by atoms with Gasteiger partial charge in [0.05, 0.1) is 5.69 Å². The van der Waals surface area contributed by atoms with Crippen molar-refractivity contribution in [2.24, 2.45) is 4.99 Å². The molecule has 2 N–H and O–H groups in total. The third kappa shape index (κ3) is 5.61. The van der Waals surface area contributed by atoms with Gasteiger partial charge >= 0.3 is 0 Å². The number of aryl methyl sites for hydroxylation is 2. The number of hydrogen-bond acceptors (Lipinski definition) is 4. The topological polar surface area (TPSA) is 65.7 Å². The maximum absolute atomic E-state index is 14.1. The van der Waals surface area contributed by atoms with Crippen LogP contribution < -0.4 is 15.5 Å². The van der Waals surface area contributed by atoms with Crippen LogP contribution in [0.4, 0.5) is 14.5 Å². The van der Waals surface area contributed by atoms with Crippen LogP contribution in [0.2, 0.25) is 0 Å². The molecule has 1 aliphatic heterocycles. The Hall–Kier alpha value is -1.91. The highest BCUT2D eigenvalue weighted by Crippen LogP contribution is 2.27. The van der Waals surface area contributed by atoms with E-state index in [-0.39, 0.29) is 41.6 Å². The van der Waals surface area contributed by atoms with Gasteiger partial charge in [-0.1, -0.05) is 18.1 Å². The summed E-state index contributed by atoms with van der Waals surface area (Å²) < 4.78 is 33.4. The molecular formula is C21H30F2IN5O. The van der Waals surface area contributed by atoms with E-state index in [4.69, 9.17) is 9.52 Å². The zero-order valence-electron chi connectivity index (χ0n) is 17.8. The third-order valence-corrected chi connectivity index (χ3v) is 5.23. The quantitative estimate of drug-likeness (QED) is 0.332. The molecule has 0 bridgehead atoms. The van der Waals surface area contributed by atoms with Crippen molar-refractivity contribution in [3.8, 4) is 0 Å². The summed E-state index contributed by atoms with van der Waals surface area (Å²) in [4.78, 5) is 6.45. The van der Waals surface area contributed by atoms with Gasteiger partial charge < -0.3 is 20.1 Å². The van der Waals surface area contributed by atoms with Crippen molar-refractivity contribution in [3.05, 3.63) is 46.9 Å². The first-order valence-corrected chi connectivity index (χ1v) is 10.1. The van der Waals surface area contributed by atoms with Crippen LogP contribution in [0, 0.1) is 25.5 Å². The molecule has 2 aromatic rings. The summed E-state index contributed by atoms with van der Waals surface area (Å²) in [6.45, 7) is 10.4. The van der Waals surface area contributed by atoms with Gasteiger partial charge in [-0.3, -0.25) is 4.99 Å². The Balaban J connectivity index is 0.00000320. The lowest BCUT2D eigenvalue weighted by Gasteiger charge is -2.21. The molecule has 1 aromatic carbocycles. The van der Waals surface area contributed by atoms with E-state index in [1.807, 2.05) is 20.8 Å². The maximum atomic E-state index is 14.1. The molecule has 3 rings (SSSR count). The lowest BCUT2D eigenvalue weighted by molar-refractivity contribution is 0.391. The number of halogens is 3. The van der Waals surface area contributed by atoms with E-state index >= 15 is 0 Å². The third-order valence-electron chi connectivity index (χ3n) is 5.23. The molecule has 1 fully saturated rings. The minimum Gasteiger partial charge on any atom is -0.365 e. The summed E-state index contributed by atoms with van der Waals surface area (Å²) in [5.41, 5.74) is 2.03. The number of nitrogens with zero attached hydrogens (tertiary/aromatic N) is 3. The molecule has 30 heavy (non-hydrogen) atoms. The predicted molar refractivity (Wildman–Crippen MR) is 126 cm³/mol. The van der Waals surface area contributed by atoms with Crippen molar-refractivity contribution < 1.29 is 13.3 Å². The van der Waals surface area contributed by atoms with Gasteiger partial charge in [-0.2, -0.15) is 0 Å². The van der Waals surface area contributed by atoms with Gasteiger partial charge in [0.1, 0.15) is 23.1 Å². The Morgan fingerprint density at radius 2 is 2.03 bits per heavy atom. The molecule has 1 saturated heterocycles. The van der Waals surface area contributed by atoms with E-state index in [1.165, 1.54) is 18.2 Å². The number of aliphatic imine (C=N–C) groups is 1. The number of rotatable bonds is 6. The maximum Gasteiger partial charge on any atom is 0.191 e. The molecule has 9 heteroatoms. The fourth-order valence-electron chi connectivity index (χ4n) is 3.90. The fraction of sp³-hybridized carbons (Fsp3) is 0.524. The van der Waals surface area contributed by atoms with Crippen LogP contribution in [0.3, 0.4) is 0 Å². The van der Waals surface area contributed by atoms with Crippen molar-refractivity contribution in [3.63, 3.8) is 0 Å². The molecule has 2 heterocycles. The highest BCUT2D eigenvalue weighted by molar-refractivity contribution is 14.0. The summed E-state index contributed by atoms with van der Waals surface area (Å²) in [5.74, 6) is 0.636. The van der Waals surface area contributed by atoms with Crippen LogP contribution in [0.5, 0.6) is 0 Å². The van der Waals surface area contributed by atoms with Gasteiger partial charge in [0.2, 0.25) is 0 Å². The molecule has 2 atom stereocenters. The number of benzene rings is 1. The first-order chi connectivity index (χ1) is 13.9. The summed E-state index contributed by atoms with van der Waals surface area (Å²) in [7, 11) is 0. The summed E-state index contributed by atoms with van der Waals surface area (Å²) in [6.07, 6.45) is 0.775. The normalized spacial score (nSPS) is 17.6. The van der Waals surface area contributed by atoms with Gasteiger partial charge in [-0.05, 0) is 39.3 Å². The summed E-state index contributed by atoms with van der Waals surface area (Å²) in [6, 6.07) is 4.03. The molecule has 0 aliphatic carbocycles. The Kier molecular flexibility index (Phi) is 8.87.